The lowest BCUT2D eigenvalue weighted by atomic mass is 10.1. The SMILES string of the molecule is O=C1Cc2cnc(Nc3cccc(N4CCNCC4)c3)nc2-c2ccc(Cl)cc2N1. The third kappa shape index (κ3) is 3.81. The Kier molecular flexibility index (Phi) is 4.98. The zero-order chi connectivity index (χ0) is 20.5. The average Bonchev–Trinajstić information content (AvgIpc) is 2.89. The van der Waals surface area contributed by atoms with Crippen molar-refractivity contribution in [1.29, 1.82) is 0 Å². The molecule has 2 aromatic carbocycles. The van der Waals surface area contributed by atoms with E-state index in [2.05, 4.69) is 38.0 Å². The van der Waals surface area contributed by atoms with Crippen LogP contribution in [0, 0.1) is 0 Å². The molecule has 0 aliphatic carbocycles. The van der Waals surface area contributed by atoms with E-state index in [1.54, 1.807) is 18.3 Å². The number of piperazine rings is 1. The molecule has 3 N–H and O–H groups in total. The summed E-state index contributed by atoms with van der Waals surface area (Å²) in [5, 5.41) is 10.1. The van der Waals surface area contributed by atoms with E-state index in [4.69, 9.17) is 16.6 Å². The van der Waals surface area contributed by atoms with Gasteiger partial charge >= 0.3 is 0 Å². The van der Waals surface area contributed by atoms with Gasteiger partial charge in [-0.05, 0) is 36.4 Å². The summed E-state index contributed by atoms with van der Waals surface area (Å²) in [7, 11) is 0. The molecule has 8 heteroatoms. The summed E-state index contributed by atoms with van der Waals surface area (Å²) in [6.45, 7) is 3.95. The van der Waals surface area contributed by atoms with Gasteiger partial charge in [-0.1, -0.05) is 17.7 Å². The molecule has 0 bridgehead atoms. The van der Waals surface area contributed by atoms with Gasteiger partial charge in [-0.2, -0.15) is 0 Å². The van der Waals surface area contributed by atoms with Crippen LogP contribution >= 0.6 is 11.6 Å². The number of carbonyl (C=O) groups is 1. The van der Waals surface area contributed by atoms with Crippen LogP contribution in [-0.2, 0) is 11.2 Å². The van der Waals surface area contributed by atoms with Crippen LogP contribution in [0.3, 0.4) is 0 Å². The largest absolute Gasteiger partial charge is 0.369 e. The van der Waals surface area contributed by atoms with E-state index in [1.807, 2.05) is 18.2 Å². The van der Waals surface area contributed by atoms with Crippen molar-refractivity contribution in [2.45, 2.75) is 6.42 Å². The topological polar surface area (TPSA) is 82.2 Å². The first kappa shape index (κ1) is 18.8. The smallest absolute Gasteiger partial charge is 0.228 e. The fourth-order valence-electron chi connectivity index (χ4n) is 3.86. The maximum atomic E-state index is 12.2. The van der Waals surface area contributed by atoms with E-state index in [-0.39, 0.29) is 12.3 Å². The first-order valence-corrected chi connectivity index (χ1v) is 10.3. The van der Waals surface area contributed by atoms with Crippen molar-refractivity contribution in [2.75, 3.05) is 41.7 Å². The minimum Gasteiger partial charge on any atom is -0.369 e. The van der Waals surface area contributed by atoms with Crippen molar-refractivity contribution in [3.8, 4) is 11.3 Å². The summed E-state index contributed by atoms with van der Waals surface area (Å²) in [5.41, 5.74) is 5.11. The standard InChI is InChI=1S/C22H21ClN6O/c23-15-4-5-18-19(11-15)27-20(30)10-14-13-25-22(28-21(14)18)26-16-2-1-3-17(12-16)29-8-6-24-7-9-29/h1-5,11-13,24H,6-10H2,(H,27,30)(H,25,26,28). The Morgan fingerprint density at radius 1 is 1.10 bits per heavy atom. The monoisotopic (exact) mass is 420 g/mol. The van der Waals surface area contributed by atoms with E-state index < -0.39 is 0 Å². The van der Waals surface area contributed by atoms with E-state index in [9.17, 15) is 4.79 Å². The molecule has 152 valence electrons. The number of amides is 1. The molecule has 0 radical (unpaired) electrons. The van der Waals surface area contributed by atoms with Crippen LogP contribution in [0.2, 0.25) is 5.02 Å². The van der Waals surface area contributed by atoms with Gasteiger partial charge in [0, 0.05) is 59.9 Å². The minimum atomic E-state index is -0.106. The number of benzene rings is 2. The van der Waals surface area contributed by atoms with E-state index in [1.165, 1.54) is 5.69 Å². The minimum absolute atomic E-state index is 0.106. The normalized spacial score (nSPS) is 15.6. The number of fused-ring (bicyclic) bond motifs is 3. The molecular weight excluding hydrogens is 400 g/mol. The number of hydrogen-bond acceptors (Lipinski definition) is 6. The molecule has 0 saturated carbocycles. The van der Waals surface area contributed by atoms with Crippen LogP contribution in [0.5, 0.6) is 0 Å². The second-order valence-corrected chi connectivity index (χ2v) is 7.83. The first-order chi connectivity index (χ1) is 14.7. The summed E-state index contributed by atoms with van der Waals surface area (Å²) in [6.07, 6.45) is 1.94. The van der Waals surface area contributed by atoms with Gasteiger partial charge in [0.1, 0.15) is 0 Å². The Bertz CT molecular complexity index is 1110. The predicted molar refractivity (Wildman–Crippen MR) is 120 cm³/mol. The fraction of sp³-hybridized carbons (Fsp3) is 0.227. The van der Waals surface area contributed by atoms with Gasteiger partial charge in [-0.25, -0.2) is 9.97 Å². The van der Waals surface area contributed by atoms with Crippen LogP contribution in [-0.4, -0.2) is 42.1 Å². The Morgan fingerprint density at radius 2 is 1.97 bits per heavy atom. The van der Waals surface area contributed by atoms with Crippen molar-refractivity contribution < 1.29 is 4.79 Å². The molecule has 30 heavy (non-hydrogen) atoms. The number of nitrogens with zero attached hydrogens (tertiary/aromatic N) is 3. The number of aromatic nitrogens is 2. The van der Waals surface area contributed by atoms with Crippen LogP contribution in [0.25, 0.3) is 11.3 Å². The molecule has 1 fully saturated rings. The number of nitrogens with one attached hydrogen (secondary N) is 3. The summed E-state index contributed by atoms with van der Waals surface area (Å²) < 4.78 is 0. The Labute approximate surface area is 179 Å². The second-order valence-electron chi connectivity index (χ2n) is 7.39. The zero-order valence-corrected chi connectivity index (χ0v) is 17.0. The van der Waals surface area contributed by atoms with Gasteiger partial charge < -0.3 is 20.9 Å². The molecule has 5 rings (SSSR count). The lowest BCUT2D eigenvalue weighted by Gasteiger charge is -2.29. The summed E-state index contributed by atoms with van der Waals surface area (Å²) in [6, 6.07) is 13.7. The third-order valence-corrected chi connectivity index (χ3v) is 5.55. The van der Waals surface area contributed by atoms with Crippen LogP contribution < -0.4 is 20.9 Å². The molecular formula is C22H21ClN6O. The zero-order valence-electron chi connectivity index (χ0n) is 16.3. The number of hydrogen-bond donors (Lipinski definition) is 3. The van der Waals surface area contributed by atoms with Crippen molar-refractivity contribution >= 4 is 40.5 Å². The van der Waals surface area contributed by atoms with Crippen LogP contribution in [0.15, 0.2) is 48.7 Å². The van der Waals surface area contributed by atoms with Gasteiger partial charge in [0.05, 0.1) is 17.8 Å². The van der Waals surface area contributed by atoms with Gasteiger partial charge in [0.25, 0.3) is 0 Å². The molecule has 1 saturated heterocycles. The van der Waals surface area contributed by atoms with Crippen molar-refractivity contribution in [2.24, 2.45) is 0 Å². The van der Waals surface area contributed by atoms with E-state index >= 15 is 0 Å². The molecule has 1 amide bonds. The molecule has 0 spiro atoms. The molecule has 0 unspecified atom stereocenters. The van der Waals surface area contributed by atoms with Gasteiger partial charge in [-0.3, -0.25) is 4.79 Å². The molecule has 7 nitrogen and oxygen atoms in total. The van der Waals surface area contributed by atoms with Crippen molar-refractivity contribution in [1.82, 2.24) is 15.3 Å². The maximum absolute atomic E-state index is 12.2. The maximum Gasteiger partial charge on any atom is 0.228 e. The molecule has 1 aromatic heterocycles. The Hall–Kier alpha value is -3.16. The third-order valence-electron chi connectivity index (χ3n) is 5.31. The van der Waals surface area contributed by atoms with Crippen molar-refractivity contribution in [3.63, 3.8) is 0 Å². The van der Waals surface area contributed by atoms with Gasteiger partial charge in [0.15, 0.2) is 0 Å². The number of rotatable bonds is 3. The second kappa shape index (κ2) is 7.93. The quantitative estimate of drug-likeness (QED) is 0.602. The number of carbonyl (C=O) groups excluding carboxylic acids is 1. The number of halogens is 1. The number of anilines is 4. The van der Waals surface area contributed by atoms with Gasteiger partial charge in [0.2, 0.25) is 11.9 Å². The van der Waals surface area contributed by atoms with Gasteiger partial charge in [-0.15, -0.1) is 0 Å². The van der Waals surface area contributed by atoms with Crippen LogP contribution in [0.1, 0.15) is 5.56 Å². The highest BCUT2D eigenvalue weighted by Crippen LogP contribution is 2.35. The molecule has 2 aliphatic rings. The van der Waals surface area contributed by atoms with E-state index in [0.29, 0.717) is 16.7 Å². The summed E-state index contributed by atoms with van der Waals surface area (Å²) >= 11 is 6.12. The lowest BCUT2D eigenvalue weighted by Crippen LogP contribution is -2.43. The highest BCUT2D eigenvalue weighted by atomic mass is 35.5. The highest BCUT2D eigenvalue weighted by Gasteiger charge is 2.21. The summed E-state index contributed by atoms with van der Waals surface area (Å²) in [4.78, 5) is 23.8. The summed E-state index contributed by atoms with van der Waals surface area (Å²) in [5.74, 6) is 0.381. The lowest BCUT2D eigenvalue weighted by molar-refractivity contribution is -0.115. The Balaban J connectivity index is 1.47. The average molecular weight is 421 g/mol. The fourth-order valence-corrected chi connectivity index (χ4v) is 4.03. The molecule has 2 aliphatic heterocycles. The molecule has 0 atom stereocenters. The molecule has 3 aromatic rings. The molecule has 3 heterocycles. The van der Waals surface area contributed by atoms with E-state index in [0.717, 1.165) is 48.7 Å². The Morgan fingerprint density at radius 3 is 2.83 bits per heavy atom. The van der Waals surface area contributed by atoms with Crippen molar-refractivity contribution in [3.05, 3.63) is 59.2 Å². The van der Waals surface area contributed by atoms with Crippen LogP contribution in [0.4, 0.5) is 23.0 Å². The highest BCUT2D eigenvalue weighted by molar-refractivity contribution is 6.31. The predicted octanol–water partition coefficient (Wildman–Crippen LogP) is 3.44. The first-order valence-electron chi connectivity index (χ1n) is 9.94.